The van der Waals surface area contributed by atoms with Gasteiger partial charge in [0.05, 0.1) is 25.4 Å². The standard InChI is InChI=1S/C15H20O4/c1-12(16)14-4-2-3-5-15(14)19-9-8-18-11-13-6-7-17-10-13/h2-5,13H,6-11H2,1H3. The molecule has 0 N–H and O–H groups in total. The van der Waals surface area contributed by atoms with E-state index < -0.39 is 0 Å². The molecule has 1 aliphatic rings. The minimum Gasteiger partial charge on any atom is -0.490 e. The molecule has 0 bridgehead atoms. The number of carbonyl (C=O) groups is 1. The van der Waals surface area contributed by atoms with Gasteiger partial charge in [0.15, 0.2) is 5.78 Å². The molecule has 1 aliphatic heterocycles. The number of ether oxygens (including phenoxy) is 3. The van der Waals surface area contributed by atoms with Crippen molar-refractivity contribution in [3.8, 4) is 5.75 Å². The third-order valence-electron chi connectivity index (χ3n) is 3.13. The van der Waals surface area contributed by atoms with Crippen LogP contribution in [0.15, 0.2) is 24.3 Å². The number of para-hydroxylation sites is 1. The van der Waals surface area contributed by atoms with E-state index in [0.29, 0.717) is 30.4 Å². The summed E-state index contributed by atoms with van der Waals surface area (Å²) in [5, 5.41) is 0. The highest BCUT2D eigenvalue weighted by Crippen LogP contribution is 2.18. The second-order valence-electron chi connectivity index (χ2n) is 4.71. The molecule has 1 saturated heterocycles. The van der Waals surface area contributed by atoms with E-state index in [1.807, 2.05) is 18.2 Å². The van der Waals surface area contributed by atoms with Crippen LogP contribution in [0.3, 0.4) is 0 Å². The number of ketones is 1. The van der Waals surface area contributed by atoms with Gasteiger partial charge < -0.3 is 14.2 Å². The van der Waals surface area contributed by atoms with Crippen molar-refractivity contribution in [1.82, 2.24) is 0 Å². The third kappa shape index (κ3) is 4.33. The fraction of sp³-hybridized carbons (Fsp3) is 0.533. The third-order valence-corrected chi connectivity index (χ3v) is 3.13. The van der Waals surface area contributed by atoms with E-state index in [-0.39, 0.29) is 5.78 Å². The van der Waals surface area contributed by atoms with Crippen molar-refractivity contribution in [3.05, 3.63) is 29.8 Å². The zero-order chi connectivity index (χ0) is 13.5. The molecule has 1 aromatic rings. The number of hydrogen-bond acceptors (Lipinski definition) is 4. The van der Waals surface area contributed by atoms with Crippen molar-refractivity contribution in [1.29, 1.82) is 0 Å². The SMILES string of the molecule is CC(=O)c1ccccc1OCCOCC1CCOC1. The molecular formula is C15H20O4. The molecule has 0 radical (unpaired) electrons. The number of carbonyl (C=O) groups excluding carboxylic acids is 1. The van der Waals surface area contributed by atoms with Crippen molar-refractivity contribution >= 4 is 5.78 Å². The van der Waals surface area contributed by atoms with Crippen LogP contribution in [0, 0.1) is 5.92 Å². The smallest absolute Gasteiger partial charge is 0.163 e. The molecule has 2 rings (SSSR count). The summed E-state index contributed by atoms with van der Waals surface area (Å²) in [7, 11) is 0. The molecule has 0 amide bonds. The highest BCUT2D eigenvalue weighted by molar-refractivity contribution is 5.96. The second-order valence-corrected chi connectivity index (χ2v) is 4.71. The van der Waals surface area contributed by atoms with Crippen molar-refractivity contribution in [2.45, 2.75) is 13.3 Å². The first kappa shape index (κ1) is 14.0. The van der Waals surface area contributed by atoms with E-state index in [0.717, 1.165) is 26.2 Å². The lowest BCUT2D eigenvalue weighted by molar-refractivity contribution is 0.0679. The molecule has 1 unspecified atom stereocenters. The molecule has 4 heteroatoms. The molecule has 1 fully saturated rings. The van der Waals surface area contributed by atoms with Gasteiger partial charge in [-0.2, -0.15) is 0 Å². The molecular weight excluding hydrogens is 244 g/mol. The van der Waals surface area contributed by atoms with E-state index >= 15 is 0 Å². The predicted molar refractivity (Wildman–Crippen MR) is 71.7 cm³/mol. The summed E-state index contributed by atoms with van der Waals surface area (Å²) in [5.41, 5.74) is 0.617. The molecule has 1 atom stereocenters. The average molecular weight is 264 g/mol. The Kier molecular flexibility index (Phi) is 5.36. The van der Waals surface area contributed by atoms with E-state index in [4.69, 9.17) is 14.2 Å². The minimum atomic E-state index is 0.0135. The molecule has 0 saturated carbocycles. The van der Waals surface area contributed by atoms with Crippen LogP contribution in [0.1, 0.15) is 23.7 Å². The van der Waals surface area contributed by atoms with Crippen LogP contribution < -0.4 is 4.74 Å². The van der Waals surface area contributed by atoms with Gasteiger partial charge in [0.2, 0.25) is 0 Å². The zero-order valence-corrected chi connectivity index (χ0v) is 11.3. The first-order chi connectivity index (χ1) is 9.27. The largest absolute Gasteiger partial charge is 0.490 e. The van der Waals surface area contributed by atoms with Gasteiger partial charge in [-0.25, -0.2) is 0 Å². The van der Waals surface area contributed by atoms with Gasteiger partial charge >= 0.3 is 0 Å². The minimum absolute atomic E-state index is 0.0135. The number of hydrogen-bond donors (Lipinski definition) is 0. The van der Waals surface area contributed by atoms with E-state index in [1.54, 1.807) is 13.0 Å². The normalized spacial score (nSPS) is 18.5. The first-order valence-corrected chi connectivity index (χ1v) is 6.65. The van der Waals surface area contributed by atoms with Crippen LogP contribution in [0.4, 0.5) is 0 Å². The quantitative estimate of drug-likeness (QED) is 0.560. The van der Waals surface area contributed by atoms with Gasteiger partial charge in [-0.1, -0.05) is 12.1 Å². The van der Waals surface area contributed by atoms with E-state index in [2.05, 4.69) is 0 Å². The molecule has 4 nitrogen and oxygen atoms in total. The van der Waals surface area contributed by atoms with Crippen LogP contribution in [-0.4, -0.2) is 38.8 Å². The van der Waals surface area contributed by atoms with Crippen LogP contribution in [0.5, 0.6) is 5.75 Å². The predicted octanol–water partition coefficient (Wildman–Crippen LogP) is 2.32. The second kappa shape index (κ2) is 7.26. The number of Topliss-reactive ketones (excluding diaryl/α,β-unsaturated/α-hetero) is 1. The zero-order valence-electron chi connectivity index (χ0n) is 11.3. The summed E-state index contributed by atoms with van der Waals surface area (Å²) in [6.45, 7) is 4.89. The number of benzene rings is 1. The Balaban J connectivity index is 1.69. The summed E-state index contributed by atoms with van der Waals surface area (Å²) in [5.74, 6) is 1.16. The molecule has 1 aromatic carbocycles. The molecule has 19 heavy (non-hydrogen) atoms. The summed E-state index contributed by atoms with van der Waals surface area (Å²) in [4.78, 5) is 11.4. The highest BCUT2D eigenvalue weighted by Gasteiger charge is 2.15. The van der Waals surface area contributed by atoms with Gasteiger partial charge in [0, 0.05) is 12.5 Å². The summed E-state index contributed by atoms with van der Waals surface area (Å²) in [6.07, 6.45) is 1.08. The van der Waals surface area contributed by atoms with Gasteiger partial charge in [0.25, 0.3) is 0 Å². The van der Waals surface area contributed by atoms with Crippen LogP contribution in [-0.2, 0) is 9.47 Å². The lowest BCUT2D eigenvalue weighted by Gasteiger charge is -2.11. The molecule has 104 valence electrons. The topological polar surface area (TPSA) is 44.8 Å². The van der Waals surface area contributed by atoms with Crippen molar-refractivity contribution in [3.63, 3.8) is 0 Å². The molecule has 0 spiro atoms. The fourth-order valence-corrected chi connectivity index (χ4v) is 2.06. The summed E-state index contributed by atoms with van der Waals surface area (Å²) < 4.78 is 16.4. The van der Waals surface area contributed by atoms with Crippen molar-refractivity contribution in [2.75, 3.05) is 33.0 Å². The lowest BCUT2D eigenvalue weighted by Crippen LogP contribution is -2.14. The van der Waals surface area contributed by atoms with Crippen LogP contribution in [0.25, 0.3) is 0 Å². The van der Waals surface area contributed by atoms with Gasteiger partial charge in [-0.05, 0) is 25.5 Å². The van der Waals surface area contributed by atoms with E-state index in [9.17, 15) is 4.79 Å². The fourth-order valence-electron chi connectivity index (χ4n) is 2.06. The maximum Gasteiger partial charge on any atom is 0.163 e. The van der Waals surface area contributed by atoms with Gasteiger partial charge in [-0.3, -0.25) is 4.79 Å². The maximum atomic E-state index is 11.4. The Bertz CT molecular complexity index is 410. The van der Waals surface area contributed by atoms with Crippen LogP contribution >= 0.6 is 0 Å². The van der Waals surface area contributed by atoms with Crippen molar-refractivity contribution in [2.24, 2.45) is 5.92 Å². The Hall–Kier alpha value is -1.39. The Morgan fingerprint density at radius 3 is 2.95 bits per heavy atom. The first-order valence-electron chi connectivity index (χ1n) is 6.65. The van der Waals surface area contributed by atoms with E-state index in [1.165, 1.54) is 0 Å². The maximum absolute atomic E-state index is 11.4. The lowest BCUT2D eigenvalue weighted by atomic mass is 10.1. The monoisotopic (exact) mass is 264 g/mol. The molecule has 0 aromatic heterocycles. The summed E-state index contributed by atoms with van der Waals surface area (Å²) in [6, 6.07) is 7.27. The van der Waals surface area contributed by atoms with Crippen LogP contribution in [0.2, 0.25) is 0 Å². The van der Waals surface area contributed by atoms with Gasteiger partial charge in [0.1, 0.15) is 12.4 Å². The Morgan fingerprint density at radius 1 is 1.37 bits per heavy atom. The average Bonchev–Trinajstić information content (AvgIpc) is 2.92. The molecule has 1 heterocycles. The highest BCUT2D eigenvalue weighted by atomic mass is 16.5. The van der Waals surface area contributed by atoms with Crippen molar-refractivity contribution < 1.29 is 19.0 Å². The number of rotatable bonds is 7. The molecule has 0 aliphatic carbocycles. The van der Waals surface area contributed by atoms with Gasteiger partial charge in [-0.15, -0.1) is 0 Å². The Morgan fingerprint density at radius 2 is 2.21 bits per heavy atom. The Labute approximate surface area is 113 Å². The summed E-state index contributed by atoms with van der Waals surface area (Å²) >= 11 is 0.